The molecule has 2 heterocycles. The van der Waals surface area contributed by atoms with Gasteiger partial charge in [-0.05, 0) is 20.8 Å². The number of nitrogens with two attached hydrogens (primary N) is 1. The van der Waals surface area contributed by atoms with Crippen molar-refractivity contribution in [2.75, 3.05) is 5.73 Å². The Kier molecular flexibility index (Phi) is 3.59. The number of nitrogens with zero attached hydrogens (tertiary/aromatic N) is 5. The minimum absolute atomic E-state index is 0.227. The maximum absolute atomic E-state index is 6.18. The van der Waals surface area contributed by atoms with E-state index in [9.17, 15) is 0 Å². The van der Waals surface area contributed by atoms with Gasteiger partial charge in [0.2, 0.25) is 0 Å². The molecule has 0 bridgehead atoms. The van der Waals surface area contributed by atoms with E-state index in [1.165, 1.54) is 0 Å². The predicted octanol–water partition coefficient (Wildman–Crippen LogP) is 2.06. The monoisotopic (exact) mass is 262 g/mol. The molecule has 2 rings (SSSR count). The van der Waals surface area contributed by atoms with Gasteiger partial charge in [-0.2, -0.15) is 9.78 Å². The predicted molar refractivity (Wildman–Crippen MR) is 75.4 cm³/mol. The molecule has 104 valence electrons. The number of rotatable bonds is 4. The molecule has 0 unspecified atom stereocenters. The van der Waals surface area contributed by atoms with Crippen molar-refractivity contribution in [2.45, 2.75) is 53.5 Å². The van der Waals surface area contributed by atoms with E-state index in [-0.39, 0.29) is 6.04 Å². The summed E-state index contributed by atoms with van der Waals surface area (Å²) in [5.74, 6) is 2.59. The summed E-state index contributed by atoms with van der Waals surface area (Å²) in [6.07, 6.45) is 1.63. The maximum Gasteiger partial charge on any atom is 0.177 e. The summed E-state index contributed by atoms with van der Waals surface area (Å²) in [6, 6.07) is 0.227. The summed E-state index contributed by atoms with van der Waals surface area (Å²) in [7, 11) is 0. The van der Waals surface area contributed by atoms with E-state index >= 15 is 0 Å². The number of hydrogen-bond acceptors (Lipinski definition) is 4. The van der Waals surface area contributed by atoms with Crippen LogP contribution >= 0.6 is 0 Å². The van der Waals surface area contributed by atoms with Crippen LogP contribution in [0.25, 0.3) is 5.82 Å². The number of nitrogen functional groups attached to an aromatic ring is 1. The van der Waals surface area contributed by atoms with Crippen LogP contribution < -0.4 is 5.73 Å². The van der Waals surface area contributed by atoms with Gasteiger partial charge >= 0.3 is 0 Å². The zero-order chi connectivity index (χ0) is 14.2. The van der Waals surface area contributed by atoms with Crippen LogP contribution in [0.15, 0.2) is 0 Å². The first-order valence-electron chi connectivity index (χ1n) is 6.79. The molecule has 0 radical (unpaired) electrons. The third kappa shape index (κ3) is 2.22. The number of hydrogen-bond donors (Lipinski definition) is 1. The van der Waals surface area contributed by atoms with Crippen molar-refractivity contribution in [3.05, 3.63) is 17.3 Å². The van der Waals surface area contributed by atoms with Gasteiger partial charge in [0, 0.05) is 18.9 Å². The van der Waals surface area contributed by atoms with E-state index < -0.39 is 0 Å². The molecule has 0 fully saturated rings. The minimum Gasteiger partial charge on any atom is -0.394 e. The molecule has 0 aromatic carbocycles. The molecule has 0 aliphatic rings. The topological polar surface area (TPSA) is 74.6 Å². The van der Waals surface area contributed by atoms with Gasteiger partial charge in [-0.3, -0.25) is 0 Å². The molecule has 0 aliphatic carbocycles. The van der Waals surface area contributed by atoms with Gasteiger partial charge in [0.1, 0.15) is 5.82 Å². The Morgan fingerprint density at radius 2 is 1.84 bits per heavy atom. The first-order valence-corrected chi connectivity index (χ1v) is 6.79. The second-order valence-electron chi connectivity index (χ2n) is 4.92. The first kappa shape index (κ1) is 13.6. The average Bonchev–Trinajstić information content (AvgIpc) is 2.91. The smallest absolute Gasteiger partial charge is 0.177 e. The number of aromatic nitrogens is 5. The lowest BCUT2D eigenvalue weighted by molar-refractivity contribution is 0.508. The summed E-state index contributed by atoms with van der Waals surface area (Å²) in [5.41, 5.74) is 7.69. The van der Waals surface area contributed by atoms with Crippen molar-refractivity contribution in [3.8, 4) is 5.82 Å². The molecular weight excluding hydrogens is 240 g/mol. The van der Waals surface area contributed by atoms with Gasteiger partial charge < -0.3 is 5.73 Å². The molecule has 0 atom stereocenters. The highest BCUT2D eigenvalue weighted by atomic mass is 15.5. The fraction of sp³-hybridized carbons (Fsp3) is 0.615. The van der Waals surface area contributed by atoms with Crippen LogP contribution in [0.1, 0.15) is 51.1 Å². The minimum atomic E-state index is 0.227. The Hall–Kier alpha value is -1.85. The van der Waals surface area contributed by atoms with Crippen molar-refractivity contribution >= 4 is 5.69 Å². The van der Waals surface area contributed by atoms with Gasteiger partial charge in [-0.15, -0.1) is 5.10 Å². The first-order chi connectivity index (χ1) is 8.99. The molecule has 0 spiro atoms. The van der Waals surface area contributed by atoms with E-state index in [1.54, 1.807) is 0 Å². The second-order valence-corrected chi connectivity index (χ2v) is 4.92. The van der Waals surface area contributed by atoms with Crippen molar-refractivity contribution in [1.82, 2.24) is 24.5 Å². The van der Waals surface area contributed by atoms with Crippen molar-refractivity contribution < 1.29 is 0 Å². The van der Waals surface area contributed by atoms with Crippen molar-refractivity contribution in [3.63, 3.8) is 0 Å². The van der Waals surface area contributed by atoms with Gasteiger partial charge in [0.05, 0.1) is 11.4 Å². The van der Waals surface area contributed by atoms with Crippen molar-refractivity contribution in [2.24, 2.45) is 0 Å². The average molecular weight is 262 g/mol. The highest BCUT2D eigenvalue weighted by Gasteiger charge is 2.20. The Bertz CT molecular complexity index is 578. The van der Waals surface area contributed by atoms with Crippen LogP contribution in [0.2, 0.25) is 0 Å². The molecule has 2 aromatic rings. The Morgan fingerprint density at radius 3 is 2.37 bits per heavy atom. The molecular formula is C13H22N6. The Morgan fingerprint density at radius 1 is 1.16 bits per heavy atom. The largest absolute Gasteiger partial charge is 0.394 e. The standard InChI is InChI=1S/C13H22N6/c1-6-10-15-11(7-2)19(17-10)13-12(14)9(5)16-18(13)8(3)4/h8H,6-7,14H2,1-5H3. The fourth-order valence-corrected chi connectivity index (χ4v) is 2.06. The summed E-state index contributed by atoms with van der Waals surface area (Å²) >= 11 is 0. The van der Waals surface area contributed by atoms with Gasteiger partial charge in [0.15, 0.2) is 11.6 Å². The lowest BCUT2D eigenvalue weighted by Crippen LogP contribution is -2.14. The quantitative estimate of drug-likeness (QED) is 0.915. The van der Waals surface area contributed by atoms with Crippen LogP contribution in [-0.4, -0.2) is 24.5 Å². The van der Waals surface area contributed by atoms with E-state index in [4.69, 9.17) is 5.73 Å². The molecule has 0 saturated heterocycles. The summed E-state index contributed by atoms with van der Waals surface area (Å²) in [5, 5.41) is 9.05. The highest BCUT2D eigenvalue weighted by Crippen LogP contribution is 2.25. The van der Waals surface area contributed by atoms with Gasteiger partial charge in [0.25, 0.3) is 0 Å². The normalized spacial score (nSPS) is 11.5. The van der Waals surface area contributed by atoms with E-state index in [0.717, 1.165) is 36.0 Å². The third-order valence-electron chi connectivity index (χ3n) is 3.15. The van der Waals surface area contributed by atoms with Crippen LogP contribution in [0, 0.1) is 6.92 Å². The summed E-state index contributed by atoms with van der Waals surface area (Å²) < 4.78 is 3.76. The number of anilines is 1. The summed E-state index contributed by atoms with van der Waals surface area (Å²) in [4.78, 5) is 4.53. The zero-order valence-corrected chi connectivity index (χ0v) is 12.3. The SMILES string of the molecule is CCc1nc(CC)n(-c2c(N)c(C)nn2C(C)C)n1. The van der Waals surface area contributed by atoms with E-state index in [2.05, 4.69) is 36.0 Å². The van der Waals surface area contributed by atoms with E-state index in [1.807, 2.05) is 23.2 Å². The molecule has 2 N–H and O–H groups in total. The molecule has 0 aliphatic heterocycles. The van der Waals surface area contributed by atoms with Crippen LogP contribution in [0.3, 0.4) is 0 Å². The van der Waals surface area contributed by atoms with Crippen LogP contribution in [0.4, 0.5) is 5.69 Å². The van der Waals surface area contributed by atoms with Crippen LogP contribution in [0.5, 0.6) is 0 Å². The Balaban J connectivity index is 2.67. The van der Waals surface area contributed by atoms with E-state index in [0.29, 0.717) is 5.69 Å². The molecule has 6 heteroatoms. The maximum atomic E-state index is 6.18. The second kappa shape index (κ2) is 5.03. The van der Waals surface area contributed by atoms with Gasteiger partial charge in [-0.25, -0.2) is 9.67 Å². The van der Waals surface area contributed by atoms with Crippen LogP contribution in [-0.2, 0) is 12.8 Å². The molecule has 0 saturated carbocycles. The summed E-state index contributed by atoms with van der Waals surface area (Å²) in [6.45, 7) is 10.2. The molecule has 19 heavy (non-hydrogen) atoms. The highest BCUT2D eigenvalue weighted by molar-refractivity contribution is 5.57. The fourth-order valence-electron chi connectivity index (χ4n) is 2.06. The third-order valence-corrected chi connectivity index (χ3v) is 3.15. The van der Waals surface area contributed by atoms with Crippen molar-refractivity contribution in [1.29, 1.82) is 0 Å². The molecule has 6 nitrogen and oxygen atoms in total. The molecule has 0 amide bonds. The lowest BCUT2D eigenvalue weighted by atomic mass is 10.3. The Labute approximate surface area is 113 Å². The number of aryl methyl sites for hydroxylation is 3. The van der Waals surface area contributed by atoms with Gasteiger partial charge in [-0.1, -0.05) is 13.8 Å². The zero-order valence-electron chi connectivity index (χ0n) is 12.3. The lowest BCUT2D eigenvalue weighted by Gasteiger charge is -2.12. The molecule has 2 aromatic heterocycles.